The molecule has 0 saturated heterocycles. The van der Waals surface area contributed by atoms with E-state index in [1.807, 2.05) is 24.5 Å². The van der Waals surface area contributed by atoms with Crippen molar-refractivity contribution in [2.45, 2.75) is 113 Å². The van der Waals surface area contributed by atoms with Crippen LogP contribution in [0.5, 0.6) is 5.75 Å². The fourth-order valence-corrected chi connectivity index (χ4v) is 6.83. The van der Waals surface area contributed by atoms with Crippen LogP contribution < -0.4 is 4.74 Å². The van der Waals surface area contributed by atoms with E-state index < -0.39 is 31.0 Å². The zero-order chi connectivity index (χ0) is 35.1. The van der Waals surface area contributed by atoms with Gasteiger partial charge in [-0.05, 0) is 103 Å². The van der Waals surface area contributed by atoms with Gasteiger partial charge in [0.05, 0.1) is 12.7 Å². The maximum atomic E-state index is 12.6. The Bertz CT molecular complexity index is 1550. The molecule has 1 aromatic heterocycles. The van der Waals surface area contributed by atoms with Crippen LogP contribution in [0.2, 0.25) is 5.02 Å². The van der Waals surface area contributed by atoms with Crippen molar-refractivity contribution in [2.75, 3.05) is 20.2 Å². The fraction of sp³-hybridized carbons (Fsp3) is 0.538. The molecule has 2 aromatic carbocycles. The molecule has 0 aliphatic heterocycles. The first-order valence-corrected chi connectivity index (χ1v) is 18.0. The molecule has 10 heteroatoms. The van der Waals surface area contributed by atoms with Crippen LogP contribution in [-0.4, -0.2) is 92.0 Å². The molecule has 2 aliphatic carbocycles. The van der Waals surface area contributed by atoms with E-state index in [4.69, 9.17) is 21.4 Å². The van der Waals surface area contributed by atoms with Gasteiger partial charge in [0.1, 0.15) is 30.2 Å². The predicted molar refractivity (Wildman–Crippen MR) is 190 cm³/mol. The molecule has 9 nitrogen and oxygen atoms in total. The molecule has 5 rings (SSSR count). The van der Waals surface area contributed by atoms with E-state index in [9.17, 15) is 25.2 Å². The minimum atomic E-state index is -1.72. The molecule has 0 unspecified atom stereocenters. The number of likely N-dealkylation sites (N-methyl/N-ethyl adjacent to an activating group) is 1. The van der Waals surface area contributed by atoms with Crippen molar-refractivity contribution >= 4 is 17.5 Å². The van der Waals surface area contributed by atoms with Gasteiger partial charge >= 0.3 is 0 Å². The van der Waals surface area contributed by atoms with Crippen LogP contribution in [0.4, 0.5) is 0 Å². The fourth-order valence-electron chi connectivity index (χ4n) is 6.62. The molecule has 5 atom stereocenters. The number of aryl methyl sites for hydroxylation is 1. The van der Waals surface area contributed by atoms with E-state index in [1.165, 1.54) is 28.6 Å². The quantitative estimate of drug-likeness (QED) is 0.108. The summed E-state index contributed by atoms with van der Waals surface area (Å²) in [7, 11) is 1.52. The van der Waals surface area contributed by atoms with Crippen molar-refractivity contribution in [1.82, 2.24) is 9.88 Å². The summed E-state index contributed by atoms with van der Waals surface area (Å²) in [6.45, 7) is 1.23. The number of aliphatic hydroxyl groups is 5. The summed E-state index contributed by atoms with van der Waals surface area (Å²) in [4.78, 5) is 18.5. The smallest absolute Gasteiger partial charge is 0.222 e. The SMILES string of the molecule is C[C@H](CCCCC(=O)N(C)C[C@H](O)[C@@H](O)[C@H](O)[C@H](O)CO)c1ccc(Cl)c(CCC2(c3cnccc3-c3ccccc3OC3CC3)CC2)c1. The number of rotatable bonds is 19. The number of hydrogen-bond donors (Lipinski definition) is 5. The van der Waals surface area contributed by atoms with Gasteiger partial charge in [0.2, 0.25) is 5.91 Å². The lowest BCUT2D eigenvalue weighted by Crippen LogP contribution is -2.49. The second kappa shape index (κ2) is 16.8. The standard InChI is InChI=1S/C39H51ClN2O7/c1-25(7-3-6-10-36(46)42(2)23-33(44)37(47)38(48)34(45)24-43)26-11-14-32(40)27(21-26)15-17-39(18-19-39)31-22-41-20-16-29(31)30-8-4-5-9-35(30)49-28-12-13-28/h4-5,8-9,11,14,16,20-22,25,28,33-34,37-38,43-45,47-48H,3,6-7,10,12-13,15,17-19,23-24H2,1-2H3/t25-,33+,34-,37-,38-/m1/s1. The average Bonchev–Trinajstić information content (AvgIpc) is 4.06. The summed E-state index contributed by atoms with van der Waals surface area (Å²) in [5.41, 5.74) is 6.05. The van der Waals surface area contributed by atoms with Crippen LogP contribution >= 0.6 is 11.6 Å². The van der Waals surface area contributed by atoms with Gasteiger partial charge in [0.25, 0.3) is 0 Å². The molecule has 266 valence electrons. The van der Waals surface area contributed by atoms with Crippen LogP contribution in [0.1, 0.15) is 87.3 Å². The van der Waals surface area contributed by atoms with Gasteiger partial charge in [0.15, 0.2) is 0 Å². The highest BCUT2D eigenvalue weighted by Crippen LogP contribution is 2.55. The average molecular weight is 695 g/mol. The zero-order valence-corrected chi connectivity index (χ0v) is 29.3. The summed E-state index contributed by atoms with van der Waals surface area (Å²) >= 11 is 6.74. The molecular weight excluding hydrogens is 644 g/mol. The lowest BCUT2D eigenvalue weighted by molar-refractivity contribution is -0.138. The third-order valence-corrected chi connectivity index (χ3v) is 10.6. The number of amides is 1. The number of nitrogens with zero attached hydrogens (tertiary/aromatic N) is 2. The Labute approximate surface area is 294 Å². The van der Waals surface area contributed by atoms with Crippen LogP contribution in [0.25, 0.3) is 11.1 Å². The molecule has 2 fully saturated rings. The topological polar surface area (TPSA) is 144 Å². The number of para-hydroxylation sites is 1. The Morgan fingerprint density at radius 2 is 1.76 bits per heavy atom. The van der Waals surface area contributed by atoms with E-state index in [-0.39, 0.29) is 30.2 Å². The second-order valence-electron chi connectivity index (χ2n) is 14.1. The molecule has 3 aromatic rings. The molecule has 2 aliphatic rings. The van der Waals surface area contributed by atoms with E-state index in [0.29, 0.717) is 12.5 Å². The number of hydrogen-bond acceptors (Lipinski definition) is 8. The van der Waals surface area contributed by atoms with Crippen molar-refractivity contribution in [3.63, 3.8) is 0 Å². The molecule has 0 radical (unpaired) electrons. The minimum Gasteiger partial charge on any atom is -0.490 e. The lowest BCUT2D eigenvalue weighted by atomic mass is 9.84. The Morgan fingerprint density at radius 1 is 1.02 bits per heavy atom. The number of halogens is 1. The highest BCUT2D eigenvalue weighted by Gasteiger charge is 2.45. The molecule has 2 saturated carbocycles. The molecule has 5 N–H and O–H groups in total. The minimum absolute atomic E-state index is 0.0650. The van der Waals surface area contributed by atoms with Crippen LogP contribution in [-0.2, 0) is 16.6 Å². The molecular formula is C39H51ClN2O7. The summed E-state index contributed by atoms with van der Waals surface area (Å²) in [5, 5.41) is 49.3. The highest BCUT2D eigenvalue weighted by atomic mass is 35.5. The number of carbonyl (C=O) groups excluding carboxylic acids is 1. The lowest BCUT2D eigenvalue weighted by Gasteiger charge is -2.28. The van der Waals surface area contributed by atoms with E-state index >= 15 is 0 Å². The predicted octanol–water partition coefficient (Wildman–Crippen LogP) is 5.17. The van der Waals surface area contributed by atoms with Crippen molar-refractivity contribution in [3.8, 4) is 16.9 Å². The van der Waals surface area contributed by atoms with Gasteiger partial charge in [-0.25, -0.2) is 0 Å². The Morgan fingerprint density at radius 3 is 2.47 bits per heavy atom. The monoisotopic (exact) mass is 694 g/mol. The number of aromatic nitrogens is 1. The van der Waals surface area contributed by atoms with Gasteiger partial charge < -0.3 is 35.2 Å². The van der Waals surface area contributed by atoms with E-state index in [0.717, 1.165) is 73.3 Å². The maximum absolute atomic E-state index is 12.6. The zero-order valence-electron chi connectivity index (χ0n) is 28.5. The third kappa shape index (κ3) is 9.60. The maximum Gasteiger partial charge on any atom is 0.222 e. The molecule has 1 amide bonds. The second-order valence-corrected chi connectivity index (χ2v) is 14.5. The van der Waals surface area contributed by atoms with Crippen molar-refractivity contribution < 1.29 is 35.1 Å². The summed E-state index contributed by atoms with van der Waals surface area (Å²) in [5.74, 6) is 1.04. The molecule has 0 spiro atoms. The van der Waals surface area contributed by atoms with Crippen molar-refractivity contribution in [2.24, 2.45) is 0 Å². The number of benzene rings is 2. The third-order valence-electron chi connectivity index (χ3n) is 10.2. The normalized spacial score (nSPS) is 18.3. The Balaban J connectivity index is 1.13. The first-order valence-electron chi connectivity index (χ1n) is 17.6. The summed E-state index contributed by atoms with van der Waals surface area (Å²) < 4.78 is 6.28. The Kier molecular flexibility index (Phi) is 12.7. The first kappa shape index (κ1) is 37.2. The van der Waals surface area contributed by atoms with Crippen molar-refractivity contribution in [3.05, 3.63) is 82.6 Å². The molecule has 1 heterocycles. The van der Waals surface area contributed by atoms with Gasteiger partial charge in [-0.3, -0.25) is 9.78 Å². The van der Waals surface area contributed by atoms with E-state index in [2.05, 4.69) is 48.3 Å². The van der Waals surface area contributed by atoms with Gasteiger partial charge in [-0.2, -0.15) is 0 Å². The molecule has 49 heavy (non-hydrogen) atoms. The van der Waals surface area contributed by atoms with Crippen molar-refractivity contribution in [1.29, 1.82) is 0 Å². The number of carbonyl (C=O) groups is 1. The van der Waals surface area contributed by atoms with Crippen LogP contribution in [0.3, 0.4) is 0 Å². The van der Waals surface area contributed by atoms with Gasteiger partial charge in [0, 0.05) is 43.0 Å². The summed E-state index contributed by atoms with van der Waals surface area (Å²) in [6, 6.07) is 16.8. The largest absolute Gasteiger partial charge is 0.490 e. The summed E-state index contributed by atoms with van der Waals surface area (Å²) in [6.07, 6.45) is 6.78. The number of ether oxygens (including phenoxy) is 1. The first-order chi connectivity index (χ1) is 23.5. The number of pyridine rings is 1. The number of aliphatic hydroxyl groups excluding tert-OH is 5. The van der Waals surface area contributed by atoms with Crippen LogP contribution in [0.15, 0.2) is 60.9 Å². The van der Waals surface area contributed by atoms with Crippen LogP contribution in [0, 0.1) is 0 Å². The highest BCUT2D eigenvalue weighted by molar-refractivity contribution is 6.31. The Hall–Kier alpha value is -3.05. The van der Waals surface area contributed by atoms with Gasteiger partial charge in [-0.1, -0.05) is 55.3 Å². The molecule has 0 bridgehead atoms. The number of unbranched alkanes of at least 4 members (excludes halogenated alkanes) is 1. The van der Waals surface area contributed by atoms with E-state index in [1.54, 1.807) is 0 Å². The van der Waals surface area contributed by atoms with Gasteiger partial charge in [-0.15, -0.1) is 0 Å².